The first kappa shape index (κ1) is 16.3. The van der Waals surface area contributed by atoms with Crippen LogP contribution < -0.4 is 37.0 Å². The predicted octanol–water partition coefficient (Wildman–Crippen LogP) is -0.209. The van der Waals surface area contributed by atoms with Crippen LogP contribution in [0.15, 0.2) is 91.0 Å². The Morgan fingerprint density at radius 1 is 0.476 bits per heavy atom. The molecule has 0 bridgehead atoms. The number of rotatable bonds is 3. The third-order valence-electron chi connectivity index (χ3n) is 3.82. The molecule has 0 nitrogen and oxygen atoms in total. The summed E-state index contributed by atoms with van der Waals surface area (Å²) in [7, 11) is 0. The third-order valence-corrected chi connectivity index (χ3v) is 12.2. The molecule has 0 aliphatic carbocycles. The minimum atomic E-state index is -2.29. The minimum Gasteiger partial charge on any atom is -1.00 e. The molecule has 3 rings (SSSR count). The van der Waals surface area contributed by atoms with Crippen molar-refractivity contribution in [1.82, 2.24) is 0 Å². The second-order valence-electron chi connectivity index (χ2n) is 5.01. The van der Waals surface area contributed by atoms with Gasteiger partial charge < -0.3 is 24.0 Å². The van der Waals surface area contributed by atoms with Gasteiger partial charge in [0.25, 0.3) is 0 Å². The number of halogens is 1. The van der Waals surface area contributed by atoms with E-state index in [2.05, 4.69) is 96.7 Å². The Bertz CT molecular complexity index is 569. The van der Waals surface area contributed by atoms with Crippen LogP contribution in [0.5, 0.6) is 0 Å². The van der Waals surface area contributed by atoms with Crippen LogP contribution in [0.25, 0.3) is 0 Å². The van der Waals surface area contributed by atoms with Crippen molar-refractivity contribution in [2.45, 2.75) is 5.71 Å². The molecule has 0 saturated carbocycles. The van der Waals surface area contributed by atoms with E-state index in [1.807, 2.05) is 0 Å². The van der Waals surface area contributed by atoms with Crippen LogP contribution in [0.4, 0.5) is 0 Å². The third kappa shape index (κ3) is 3.25. The molecular weight excluding hydrogens is 430 g/mol. The van der Waals surface area contributed by atoms with Crippen LogP contribution in [-0.2, 0) is 0 Å². The summed E-state index contributed by atoms with van der Waals surface area (Å²) >= 11 is -2.29. The van der Waals surface area contributed by atoms with E-state index >= 15 is 0 Å². The zero-order valence-corrected chi connectivity index (χ0v) is 16.0. The summed E-state index contributed by atoms with van der Waals surface area (Å²) in [5.74, 6) is 0. The Labute approximate surface area is 146 Å². The van der Waals surface area contributed by atoms with Crippen LogP contribution in [0.1, 0.15) is 0 Å². The van der Waals surface area contributed by atoms with E-state index in [9.17, 15) is 0 Å². The molecule has 0 N–H and O–H groups in total. The smallest absolute Gasteiger partial charge is 1.00 e. The van der Waals surface area contributed by atoms with Crippen molar-refractivity contribution < 1.29 is 24.0 Å². The molecule has 0 heterocycles. The van der Waals surface area contributed by atoms with Crippen molar-refractivity contribution in [1.29, 1.82) is 0 Å². The van der Waals surface area contributed by atoms with E-state index in [0.717, 1.165) is 0 Å². The first-order valence-electron chi connectivity index (χ1n) is 6.85. The van der Waals surface area contributed by atoms with E-state index < -0.39 is 13.6 Å². The maximum Gasteiger partial charge on any atom is -1.00 e. The van der Waals surface area contributed by atoms with Gasteiger partial charge in [0.1, 0.15) is 0 Å². The predicted molar refractivity (Wildman–Crippen MR) is 89.8 cm³/mol. The van der Waals surface area contributed by atoms with Crippen LogP contribution in [0.3, 0.4) is 0 Å². The Morgan fingerprint density at radius 3 is 0.952 bits per heavy atom. The SMILES string of the molecule is C[As+](c1ccccc1)(c1ccccc1)c1ccccc1.[I-]. The van der Waals surface area contributed by atoms with Gasteiger partial charge in [0.15, 0.2) is 0 Å². The fourth-order valence-electron chi connectivity index (χ4n) is 2.63. The molecule has 0 unspecified atom stereocenters. The van der Waals surface area contributed by atoms with Crippen molar-refractivity contribution in [2.24, 2.45) is 0 Å². The molecule has 21 heavy (non-hydrogen) atoms. The Kier molecular flexibility index (Phi) is 5.66. The molecule has 0 fully saturated rings. The molecule has 0 amide bonds. The Hall–Kier alpha value is -1.05. The largest absolute Gasteiger partial charge is 1.00 e. The summed E-state index contributed by atoms with van der Waals surface area (Å²) < 4.78 is 4.47. The quantitative estimate of drug-likeness (QED) is 0.385. The zero-order valence-electron chi connectivity index (χ0n) is 12.0. The van der Waals surface area contributed by atoms with E-state index in [4.69, 9.17) is 0 Å². The molecule has 0 atom stereocenters. The number of hydrogen-bond acceptors (Lipinski definition) is 0. The molecule has 3 aromatic rings. The molecule has 0 aliphatic rings. The van der Waals surface area contributed by atoms with E-state index in [1.54, 1.807) is 0 Å². The van der Waals surface area contributed by atoms with Crippen molar-refractivity contribution in [2.75, 3.05) is 0 Å². The summed E-state index contributed by atoms with van der Waals surface area (Å²) in [4.78, 5) is 0. The second kappa shape index (κ2) is 7.28. The van der Waals surface area contributed by atoms with E-state index in [1.165, 1.54) is 13.1 Å². The van der Waals surface area contributed by atoms with Crippen LogP contribution >= 0.6 is 0 Å². The van der Waals surface area contributed by atoms with Gasteiger partial charge in [-0.3, -0.25) is 0 Å². The molecule has 0 radical (unpaired) electrons. The molecule has 3 aromatic carbocycles. The Balaban J connectivity index is 0.00000161. The van der Waals surface area contributed by atoms with Gasteiger partial charge in [0, 0.05) is 0 Å². The van der Waals surface area contributed by atoms with Gasteiger partial charge in [-0.25, -0.2) is 0 Å². The zero-order chi connectivity index (χ0) is 13.8. The van der Waals surface area contributed by atoms with Gasteiger partial charge >= 0.3 is 123 Å². The summed E-state index contributed by atoms with van der Waals surface area (Å²) in [6.07, 6.45) is 0. The van der Waals surface area contributed by atoms with Crippen LogP contribution in [0, 0.1) is 0 Å². The van der Waals surface area contributed by atoms with Gasteiger partial charge in [0.2, 0.25) is 0 Å². The molecular formula is C19H18AsI. The van der Waals surface area contributed by atoms with E-state index in [0.29, 0.717) is 0 Å². The van der Waals surface area contributed by atoms with Gasteiger partial charge in [-0.2, -0.15) is 0 Å². The molecule has 0 aliphatic heterocycles. The van der Waals surface area contributed by atoms with Crippen molar-refractivity contribution in [3.8, 4) is 0 Å². The maximum absolute atomic E-state index is 2.47. The fraction of sp³-hybridized carbons (Fsp3) is 0.0526. The van der Waals surface area contributed by atoms with Gasteiger partial charge in [-0.15, -0.1) is 0 Å². The molecule has 106 valence electrons. The van der Waals surface area contributed by atoms with Gasteiger partial charge in [-0.1, -0.05) is 0 Å². The van der Waals surface area contributed by atoms with E-state index in [-0.39, 0.29) is 24.0 Å². The molecule has 0 aromatic heterocycles. The topological polar surface area (TPSA) is 0 Å². The monoisotopic (exact) mass is 448 g/mol. The number of hydrogen-bond donors (Lipinski definition) is 0. The van der Waals surface area contributed by atoms with Crippen molar-refractivity contribution >= 4 is 26.6 Å². The summed E-state index contributed by atoms with van der Waals surface area (Å²) in [6, 6.07) is 32.9. The first-order chi connectivity index (χ1) is 9.82. The fourth-order valence-corrected chi connectivity index (χ4v) is 9.34. The van der Waals surface area contributed by atoms with Crippen LogP contribution in [-0.4, -0.2) is 13.6 Å². The normalized spacial score (nSPS) is 10.7. The van der Waals surface area contributed by atoms with Crippen LogP contribution in [0.2, 0.25) is 5.71 Å². The number of benzene rings is 3. The molecule has 0 saturated heterocycles. The second-order valence-corrected chi connectivity index (χ2v) is 12.5. The average molecular weight is 448 g/mol. The maximum atomic E-state index is 2.47. The minimum absolute atomic E-state index is 0. The van der Waals surface area contributed by atoms with Crippen molar-refractivity contribution in [3.05, 3.63) is 91.0 Å². The molecule has 2 heteroatoms. The van der Waals surface area contributed by atoms with Gasteiger partial charge in [-0.05, 0) is 0 Å². The van der Waals surface area contributed by atoms with Gasteiger partial charge in [0.05, 0.1) is 0 Å². The summed E-state index contributed by atoms with van der Waals surface area (Å²) in [5.41, 5.74) is 2.47. The Morgan fingerprint density at radius 2 is 0.714 bits per heavy atom. The van der Waals surface area contributed by atoms with Crippen molar-refractivity contribution in [3.63, 3.8) is 0 Å². The first-order valence-corrected chi connectivity index (χ1v) is 11.5. The average Bonchev–Trinajstić information content (AvgIpc) is 2.56. The summed E-state index contributed by atoms with van der Waals surface area (Å²) in [6.45, 7) is 0. The standard InChI is InChI=1S/C19H18As.HI/c1-20(17-11-5-2-6-12-17,18-13-7-3-8-14-18)19-15-9-4-10-16-19;/h2-16H,1H3;1H/q+1;/p-1. The molecule has 0 spiro atoms. The summed E-state index contributed by atoms with van der Waals surface area (Å²) in [5, 5.41) is 0.